The molecule has 1 atom stereocenters. The zero-order valence-corrected chi connectivity index (χ0v) is 15.3. The molecule has 4 heteroatoms. The number of rotatable bonds is 7. The molecular formula is C20H25NO2S. The third kappa shape index (κ3) is 4.86. The zero-order chi connectivity index (χ0) is 17.6. The van der Waals surface area contributed by atoms with Crippen LogP contribution in [0.2, 0.25) is 0 Å². The molecule has 128 valence electrons. The summed E-state index contributed by atoms with van der Waals surface area (Å²) in [5.74, 6) is 0.504. The SMILES string of the molecule is CSCC[C@H](N)C(=O)OC(C)(C)c1ccc(-c2ccccc2)cc1. The largest absolute Gasteiger partial charge is 0.454 e. The maximum absolute atomic E-state index is 12.2. The Hall–Kier alpha value is -1.78. The molecule has 0 aliphatic rings. The molecule has 0 heterocycles. The van der Waals surface area contributed by atoms with Gasteiger partial charge in [0.15, 0.2) is 0 Å². The van der Waals surface area contributed by atoms with Gasteiger partial charge in [0.2, 0.25) is 0 Å². The van der Waals surface area contributed by atoms with Crippen molar-refractivity contribution in [3.8, 4) is 11.1 Å². The Labute approximate surface area is 148 Å². The first kappa shape index (κ1) is 18.6. The molecule has 2 N–H and O–H groups in total. The quantitative estimate of drug-likeness (QED) is 0.765. The second-order valence-electron chi connectivity index (χ2n) is 6.26. The Morgan fingerprint density at radius 3 is 2.25 bits per heavy atom. The van der Waals surface area contributed by atoms with E-state index in [0.29, 0.717) is 6.42 Å². The first-order chi connectivity index (χ1) is 11.4. The summed E-state index contributed by atoms with van der Waals surface area (Å²) in [6.45, 7) is 3.79. The molecule has 0 aliphatic heterocycles. The number of hydrogen-bond acceptors (Lipinski definition) is 4. The lowest BCUT2D eigenvalue weighted by atomic mass is 9.95. The van der Waals surface area contributed by atoms with E-state index in [2.05, 4.69) is 12.1 Å². The van der Waals surface area contributed by atoms with Gasteiger partial charge in [0.25, 0.3) is 0 Å². The van der Waals surface area contributed by atoms with Crippen molar-refractivity contribution in [3.63, 3.8) is 0 Å². The Morgan fingerprint density at radius 2 is 1.67 bits per heavy atom. The van der Waals surface area contributed by atoms with Crippen LogP contribution in [-0.4, -0.2) is 24.0 Å². The zero-order valence-electron chi connectivity index (χ0n) is 14.5. The van der Waals surface area contributed by atoms with Gasteiger partial charge < -0.3 is 10.5 Å². The van der Waals surface area contributed by atoms with Crippen molar-refractivity contribution in [3.05, 3.63) is 60.2 Å². The van der Waals surface area contributed by atoms with Crippen molar-refractivity contribution in [2.75, 3.05) is 12.0 Å². The standard InChI is InChI=1S/C20H25NO2S/c1-20(2,23-19(22)18(21)13-14-24-3)17-11-9-16(10-12-17)15-7-5-4-6-8-15/h4-12,18H,13-14,21H2,1-3H3/t18-/m0/s1. The lowest BCUT2D eigenvalue weighted by molar-refractivity contribution is -0.159. The van der Waals surface area contributed by atoms with Crippen LogP contribution in [0, 0.1) is 0 Å². The van der Waals surface area contributed by atoms with Gasteiger partial charge in [0, 0.05) is 0 Å². The highest BCUT2D eigenvalue weighted by molar-refractivity contribution is 7.98. The normalized spacial score (nSPS) is 12.7. The van der Waals surface area contributed by atoms with Gasteiger partial charge in [0.05, 0.1) is 0 Å². The van der Waals surface area contributed by atoms with Crippen molar-refractivity contribution >= 4 is 17.7 Å². The van der Waals surface area contributed by atoms with Crippen LogP contribution >= 0.6 is 11.8 Å². The molecule has 2 aromatic carbocycles. The minimum Gasteiger partial charge on any atom is -0.454 e. The van der Waals surface area contributed by atoms with Crippen molar-refractivity contribution in [1.29, 1.82) is 0 Å². The van der Waals surface area contributed by atoms with Gasteiger partial charge in [0.1, 0.15) is 11.6 Å². The predicted molar refractivity (Wildman–Crippen MR) is 102 cm³/mol. The average Bonchev–Trinajstić information content (AvgIpc) is 2.60. The number of thioether (sulfide) groups is 1. The molecule has 24 heavy (non-hydrogen) atoms. The number of nitrogens with two attached hydrogens (primary N) is 1. The van der Waals surface area contributed by atoms with Gasteiger partial charge in [-0.25, -0.2) is 0 Å². The van der Waals surface area contributed by atoms with E-state index < -0.39 is 11.6 Å². The van der Waals surface area contributed by atoms with Crippen LogP contribution in [0.1, 0.15) is 25.8 Å². The highest BCUT2D eigenvalue weighted by Gasteiger charge is 2.28. The Balaban J connectivity index is 2.07. The van der Waals surface area contributed by atoms with Gasteiger partial charge in [-0.2, -0.15) is 11.8 Å². The summed E-state index contributed by atoms with van der Waals surface area (Å²) in [7, 11) is 0. The van der Waals surface area contributed by atoms with Crippen LogP contribution in [-0.2, 0) is 15.1 Å². The van der Waals surface area contributed by atoms with Gasteiger partial charge in [-0.05, 0) is 49.0 Å². The number of benzene rings is 2. The maximum Gasteiger partial charge on any atom is 0.323 e. The third-order valence-corrected chi connectivity index (χ3v) is 4.62. The highest BCUT2D eigenvalue weighted by atomic mass is 32.2. The summed E-state index contributed by atoms with van der Waals surface area (Å²) in [4.78, 5) is 12.2. The Bertz CT molecular complexity index is 653. The summed E-state index contributed by atoms with van der Waals surface area (Å²) in [6, 6.07) is 17.7. The number of carbonyl (C=O) groups excluding carboxylic acids is 1. The molecule has 0 unspecified atom stereocenters. The van der Waals surface area contributed by atoms with Crippen molar-refractivity contribution < 1.29 is 9.53 Å². The van der Waals surface area contributed by atoms with Gasteiger partial charge >= 0.3 is 5.97 Å². The van der Waals surface area contributed by atoms with Crippen molar-refractivity contribution in [2.45, 2.75) is 31.9 Å². The highest BCUT2D eigenvalue weighted by Crippen LogP contribution is 2.28. The molecule has 0 saturated heterocycles. The predicted octanol–water partition coefficient (Wildman–Crippen LogP) is 4.21. The van der Waals surface area contributed by atoms with E-state index in [1.807, 2.05) is 62.6 Å². The number of carbonyl (C=O) groups is 1. The Kier molecular flexibility index (Phi) is 6.46. The molecular weight excluding hydrogens is 318 g/mol. The van der Waals surface area contributed by atoms with Gasteiger partial charge in [-0.3, -0.25) is 4.79 Å². The molecule has 0 aliphatic carbocycles. The average molecular weight is 343 g/mol. The van der Waals surface area contributed by atoms with E-state index in [0.717, 1.165) is 22.4 Å². The van der Waals surface area contributed by atoms with E-state index >= 15 is 0 Å². The molecule has 3 nitrogen and oxygen atoms in total. The number of esters is 1. The molecule has 0 amide bonds. The monoisotopic (exact) mass is 343 g/mol. The van der Waals surface area contributed by atoms with Gasteiger partial charge in [-0.1, -0.05) is 54.6 Å². The first-order valence-electron chi connectivity index (χ1n) is 8.07. The van der Waals surface area contributed by atoms with Crippen LogP contribution in [0.15, 0.2) is 54.6 Å². The first-order valence-corrected chi connectivity index (χ1v) is 9.47. The molecule has 2 rings (SSSR count). The van der Waals surface area contributed by atoms with E-state index in [1.165, 1.54) is 0 Å². The summed E-state index contributed by atoms with van der Waals surface area (Å²) in [6.07, 6.45) is 2.62. The van der Waals surface area contributed by atoms with Crippen molar-refractivity contribution in [1.82, 2.24) is 0 Å². The summed E-state index contributed by atoms with van der Waals surface area (Å²) in [5.41, 5.74) is 8.45. The van der Waals surface area contributed by atoms with E-state index in [9.17, 15) is 4.79 Å². The molecule has 2 aromatic rings. The third-order valence-electron chi connectivity index (χ3n) is 3.98. The molecule has 0 saturated carbocycles. The fourth-order valence-electron chi connectivity index (χ4n) is 2.44. The smallest absolute Gasteiger partial charge is 0.323 e. The van der Waals surface area contributed by atoms with Crippen molar-refractivity contribution in [2.24, 2.45) is 5.73 Å². The van der Waals surface area contributed by atoms with E-state index in [4.69, 9.17) is 10.5 Å². The molecule has 0 bridgehead atoms. The minimum absolute atomic E-state index is 0.346. The summed E-state index contributed by atoms with van der Waals surface area (Å²) >= 11 is 1.67. The van der Waals surface area contributed by atoms with E-state index in [1.54, 1.807) is 11.8 Å². The fraction of sp³-hybridized carbons (Fsp3) is 0.350. The van der Waals surface area contributed by atoms with Gasteiger partial charge in [-0.15, -0.1) is 0 Å². The Morgan fingerprint density at radius 1 is 1.08 bits per heavy atom. The molecule has 0 spiro atoms. The topological polar surface area (TPSA) is 52.3 Å². The van der Waals surface area contributed by atoms with Crippen LogP contribution in [0.4, 0.5) is 0 Å². The van der Waals surface area contributed by atoms with E-state index in [-0.39, 0.29) is 5.97 Å². The molecule has 0 aromatic heterocycles. The summed E-state index contributed by atoms with van der Waals surface area (Å²) < 4.78 is 5.66. The minimum atomic E-state index is -0.705. The lowest BCUT2D eigenvalue weighted by Gasteiger charge is -2.27. The molecule has 0 fully saturated rings. The summed E-state index contributed by atoms with van der Waals surface area (Å²) in [5, 5.41) is 0. The fourth-order valence-corrected chi connectivity index (χ4v) is 2.93. The second kappa shape index (κ2) is 8.36. The lowest BCUT2D eigenvalue weighted by Crippen LogP contribution is -2.37. The van der Waals surface area contributed by atoms with Crippen LogP contribution in [0.5, 0.6) is 0 Å². The second-order valence-corrected chi connectivity index (χ2v) is 7.25. The van der Waals surface area contributed by atoms with Crippen LogP contribution < -0.4 is 5.73 Å². The maximum atomic E-state index is 12.2. The van der Waals surface area contributed by atoms with Crippen LogP contribution in [0.3, 0.4) is 0 Å². The number of hydrogen-bond donors (Lipinski definition) is 1. The van der Waals surface area contributed by atoms with Crippen LogP contribution in [0.25, 0.3) is 11.1 Å². The molecule has 0 radical (unpaired) electrons. The number of ether oxygens (including phenoxy) is 1.